The standard InChI is InChI=1S/C18H21NO2/c1-12-11-15(20)7-10-17(12)19-18(13-3-4-13)14-5-8-16(21-2)9-6-14/h5-11,13,18-20H,3-4H2,1-2H3. The predicted molar refractivity (Wildman–Crippen MR) is 84.9 cm³/mol. The fourth-order valence-electron chi connectivity index (χ4n) is 2.69. The average molecular weight is 283 g/mol. The van der Waals surface area contributed by atoms with Gasteiger partial charge in [0.1, 0.15) is 11.5 Å². The van der Waals surface area contributed by atoms with Crippen molar-refractivity contribution in [3.8, 4) is 11.5 Å². The molecule has 1 saturated carbocycles. The SMILES string of the molecule is COc1ccc(C(Nc2ccc(O)cc2C)C2CC2)cc1. The zero-order chi connectivity index (χ0) is 14.8. The minimum Gasteiger partial charge on any atom is -0.508 e. The maximum atomic E-state index is 9.53. The van der Waals surface area contributed by atoms with Crippen LogP contribution in [0.2, 0.25) is 0 Å². The molecule has 1 atom stereocenters. The first kappa shape index (κ1) is 13.8. The maximum absolute atomic E-state index is 9.53. The van der Waals surface area contributed by atoms with Crippen LogP contribution in [0.25, 0.3) is 0 Å². The Morgan fingerprint density at radius 2 is 1.86 bits per heavy atom. The molecule has 110 valence electrons. The molecule has 1 aliphatic carbocycles. The van der Waals surface area contributed by atoms with Gasteiger partial charge in [-0.3, -0.25) is 0 Å². The molecule has 3 rings (SSSR count). The third kappa shape index (κ3) is 3.13. The van der Waals surface area contributed by atoms with Crippen LogP contribution in [-0.4, -0.2) is 12.2 Å². The third-order valence-corrected chi connectivity index (χ3v) is 4.09. The lowest BCUT2D eigenvalue weighted by Crippen LogP contribution is -2.13. The van der Waals surface area contributed by atoms with Crippen molar-refractivity contribution in [2.75, 3.05) is 12.4 Å². The normalized spacial score (nSPS) is 15.5. The first-order valence-corrected chi connectivity index (χ1v) is 7.37. The number of nitrogens with one attached hydrogen (secondary N) is 1. The molecule has 0 saturated heterocycles. The zero-order valence-electron chi connectivity index (χ0n) is 12.5. The molecule has 0 heterocycles. The second-order valence-electron chi connectivity index (χ2n) is 5.73. The van der Waals surface area contributed by atoms with E-state index in [9.17, 15) is 5.11 Å². The van der Waals surface area contributed by atoms with Gasteiger partial charge in [0.05, 0.1) is 13.2 Å². The molecule has 1 unspecified atom stereocenters. The first-order chi connectivity index (χ1) is 10.2. The van der Waals surface area contributed by atoms with Gasteiger partial charge in [-0.05, 0) is 67.1 Å². The summed E-state index contributed by atoms with van der Waals surface area (Å²) in [6.45, 7) is 2.01. The quantitative estimate of drug-likeness (QED) is 0.805. The highest BCUT2D eigenvalue weighted by molar-refractivity contribution is 5.55. The van der Waals surface area contributed by atoms with Gasteiger partial charge in [-0.25, -0.2) is 0 Å². The van der Waals surface area contributed by atoms with Gasteiger partial charge in [0.2, 0.25) is 0 Å². The fourth-order valence-corrected chi connectivity index (χ4v) is 2.69. The van der Waals surface area contributed by atoms with Gasteiger partial charge in [0.25, 0.3) is 0 Å². The van der Waals surface area contributed by atoms with Crippen molar-refractivity contribution in [2.24, 2.45) is 5.92 Å². The third-order valence-electron chi connectivity index (χ3n) is 4.09. The summed E-state index contributed by atoms with van der Waals surface area (Å²) < 4.78 is 5.23. The number of hydrogen-bond acceptors (Lipinski definition) is 3. The number of hydrogen-bond donors (Lipinski definition) is 2. The first-order valence-electron chi connectivity index (χ1n) is 7.37. The van der Waals surface area contributed by atoms with E-state index in [0.29, 0.717) is 17.7 Å². The molecule has 0 spiro atoms. The van der Waals surface area contributed by atoms with Gasteiger partial charge in [-0.1, -0.05) is 12.1 Å². The monoisotopic (exact) mass is 283 g/mol. The molecule has 21 heavy (non-hydrogen) atoms. The number of aromatic hydroxyl groups is 1. The Morgan fingerprint density at radius 3 is 2.43 bits per heavy atom. The van der Waals surface area contributed by atoms with Crippen molar-refractivity contribution < 1.29 is 9.84 Å². The molecule has 2 N–H and O–H groups in total. The molecule has 0 radical (unpaired) electrons. The van der Waals surface area contributed by atoms with Crippen LogP contribution in [-0.2, 0) is 0 Å². The number of benzene rings is 2. The van der Waals surface area contributed by atoms with Crippen molar-refractivity contribution in [1.29, 1.82) is 0 Å². The summed E-state index contributed by atoms with van der Waals surface area (Å²) in [6, 6.07) is 14.1. The van der Waals surface area contributed by atoms with Crippen LogP contribution in [0.5, 0.6) is 11.5 Å². The number of rotatable bonds is 5. The number of phenolic OH excluding ortho intramolecular Hbond substituents is 1. The van der Waals surface area contributed by atoms with Gasteiger partial charge < -0.3 is 15.2 Å². The van der Waals surface area contributed by atoms with Crippen LogP contribution in [0.1, 0.15) is 30.0 Å². The molecule has 1 aliphatic rings. The Morgan fingerprint density at radius 1 is 1.14 bits per heavy atom. The summed E-state index contributed by atoms with van der Waals surface area (Å²) in [5, 5.41) is 13.2. The van der Waals surface area contributed by atoms with Gasteiger partial charge in [-0.15, -0.1) is 0 Å². The molecule has 3 nitrogen and oxygen atoms in total. The summed E-state index contributed by atoms with van der Waals surface area (Å²) in [4.78, 5) is 0. The molecule has 0 aromatic heterocycles. The second-order valence-corrected chi connectivity index (χ2v) is 5.73. The summed E-state index contributed by atoms with van der Waals surface area (Å²) in [7, 11) is 1.69. The van der Waals surface area contributed by atoms with E-state index >= 15 is 0 Å². The molecule has 1 fully saturated rings. The lowest BCUT2D eigenvalue weighted by Gasteiger charge is -2.22. The zero-order valence-corrected chi connectivity index (χ0v) is 12.5. The van der Waals surface area contributed by atoms with Gasteiger partial charge in [0, 0.05) is 5.69 Å². The average Bonchev–Trinajstić information content (AvgIpc) is 3.31. The number of phenols is 1. The lowest BCUT2D eigenvalue weighted by molar-refractivity contribution is 0.414. The molecular weight excluding hydrogens is 262 g/mol. The minimum atomic E-state index is 0.311. The van der Waals surface area contributed by atoms with Crippen molar-refractivity contribution >= 4 is 5.69 Å². The number of methoxy groups -OCH3 is 1. The predicted octanol–water partition coefficient (Wildman–Crippen LogP) is 4.27. The van der Waals surface area contributed by atoms with E-state index in [2.05, 4.69) is 17.4 Å². The highest BCUT2D eigenvalue weighted by Crippen LogP contribution is 2.43. The lowest BCUT2D eigenvalue weighted by atomic mass is 10.0. The van der Waals surface area contributed by atoms with Crippen molar-refractivity contribution in [2.45, 2.75) is 25.8 Å². The Balaban J connectivity index is 1.84. The van der Waals surface area contributed by atoms with Crippen molar-refractivity contribution in [3.63, 3.8) is 0 Å². The summed E-state index contributed by atoms with van der Waals surface area (Å²) in [5.74, 6) is 1.88. The van der Waals surface area contributed by atoms with Crippen molar-refractivity contribution in [1.82, 2.24) is 0 Å². The van der Waals surface area contributed by atoms with Crippen LogP contribution in [0.3, 0.4) is 0 Å². The smallest absolute Gasteiger partial charge is 0.118 e. The molecule has 0 bridgehead atoms. The van der Waals surface area contributed by atoms with E-state index < -0.39 is 0 Å². The van der Waals surface area contributed by atoms with E-state index in [4.69, 9.17) is 4.74 Å². The molecule has 3 heteroatoms. The van der Waals surface area contributed by atoms with Crippen LogP contribution >= 0.6 is 0 Å². The van der Waals surface area contributed by atoms with Crippen LogP contribution < -0.4 is 10.1 Å². The Hall–Kier alpha value is -2.16. The second kappa shape index (κ2) is 5.68. The largest absolute Gasteiger partial charge is 0.508 e. The van der Waals surface area contributed by atoms with Gasteiger partial charge >= 0.3 is 0 Å². The number of aryl methyl sites for hydroxylation is 1. The molecule has 0 amide bonds. The van der Waals surface area contributed by atoms with Crippen LogP contribution in [0.15, 0.2) is 42.5 Å². The molecule has 2 aromatic rings. The molecule has 0 aliphatic heterocycles. The summed E-state index contributed by atoms with van der Waals surface area (Å²) in [6.07, 6.45) is 2.53. The van der Waals surface area contributed by atoms with Crippen LogP contribution in [0, 0.1) is 12.8 Å². The highest BCUT2D eigenvalue weighted by Gasteiger charge is 2.32. The number of anilines is 1. The maximum Gasteiger partial charge on any atom is 0.118 e. The summed E-state index contributed by atoms with van der Waals surface area (Å²) in [5.41, 5.74) is 3.43. The van der Waals surface area contributed by atoms with Crippen LogP contribution in [0.4, 0.5) is 5.69 Å². The van der Waals surface area contributed by atoms with E-state index in [0.717, 1.165) is 17.0 Å². The Bertz CT molecular complexity index is 618. The van der Waals surface area contributed by atoms with E-state index in [1.165, 1.54) is 18.4 Å². The summed E-state index contributed by atoms with van der Waals surface area (Å²) >= 11 is 0. The van der Waals surface area contributed by atoms with Crippen molar-refractivity contribution in [3.05, 3.63) is 53.6 Å². The van der Waals surface area contributed by atoms with Gasteiger partial charge in [-0.2, -0.15) is 0 Å². The Kier molecular flexibility index (Phi) is 3.74. The van der Waals surface area contributed by atoms with E-state index in [1.54, 1.807) is 19.2 Å². The molecule has 2 aromatic carbocycles. The molecular formula is C18H21NO2. The highest BCUT2D eigenvalue weighted by atomic mass is 16.5. The number of ether oxygens (including phenoxy) is 1. The minimum absolute atomic E-state index is 0.311. The van der Waals surface area contributed by atoms with E-state index in [-0.39, 0.29) is 0 Å². The fraction of sp³-hybridized carbons (Fsp3) is 0.333. The Labute approximate surface area is 125 Å². The topological polar surface area (TPSA) is 41.5 Å². The van der Waals surface area contributed by atoms with E-state index in [1.807, 2.05) is 25.1 Å². The van der Waals surface area contributed by atoms with Gasteiger partial charge in [0.15, 0.2) is 0 Å².